The highest BCUT2D eigenvalue weighted by molar-refractivity contribution is 7.91. The van der Waals surface area contributed by atoms with Gasteiger partial charge in [0.15, 0.2) is 16.4 Å². The molecule has 1 N–H and O–H groups in total. The second kappa shape index (κ2) is 8.93. The van der Waals surface area contributed by atoms with E-state index in [1.165, 1.54) is 4.57 Å². The summed E-state index contributed by atoms with van der Waals surface area (Å²) < 4.78 is 30.6. The third-order valence-corrected chi connectivity index (χ3v) is 8.01. The van der Waals surface area contributed by atoms with Crippen LogP contribution in [0.4, 0.5) is 0 Å². The normalized spacial score (nSPS) is 20.3. The number of carbonyl (C=O) groups excluding carboxylic acids is 2. The number of carbonyl (C=O) groups is 2. The van der Waals surface area contributed by atoms with Crippen molar-refractivity contribution in [2.24, 2.45) is 0 Å². The first-order valence-electron chi connectivity index (χ1n) is 10.8. The molecule has 1 atom stereocenters. The van der Waals surface area contributed by atoms with Crippen molar-refractivity contribution in [3.63, 3.8) is 0 Å². The fraction of sp³-hybridized carbons (Fsp3) is 0.500. The molecule has 1 aliphatic heterocycles. The summed E-state index contributed by atoms with van der Waals surface area (Å²) in [5.41, 5.74) is 1.33. The molecule has 10 heteroatoms. The van der Waals surface area contributed by atoms with E-state index >= 15 is 0 Å². The number of hydrogen-bond donors (Lipinski definition) is 1. The van der Waals surface area contributed by atoms with E-state index in [4.69, 9.17) is 4.74 Å². The van der Waals surface area contributed by atoms with Crippen molar-refractivity contribution in [1.29, 1.82) is 0 Å². The minimum absolute atomic E-state index is 0.00156. The molecule has 1 aromatic carbocycles. The number of H-pyrrole nitrogens is 1. The highest BCUT2D eigenvalue weighted by Gasteiger charge is 2.39. The number of sulfone groups is 1. The Bertz CT molecular complexity index is 1160. The first-order chi connectivity index (χ1) is 15.2. The van der Waals surface area contributed by atoms with E-state index in [0.717, 1.165) is 31.4 Å². The van der Waals surface area contributed by atoms with Crippen LogP contribution in [-0.2, 0) is 19.4 Å². The van der Waals surface area contributed by atoms with E-state index in [1.807, 2.05) is 0 Å². The summed E-state index contributed by atoms with van der Waals surface area (Å²) in [5.74, 6) is -0.931. The van der Waals surface area contributed by atoms with Gasteiger partial charge >= 0.3 is 11.7 Å². The molecule has 4 rings (SSSR count). The van der Waals surface area contributed by atoms with Crippen LogP contribution in [0.25, 0.3) is 5.69 Å². The number of hydrogen-bond acceptors (Lipinski definition) is 6. The molecule has 2 aliphatic rings. The van der Waals surface area contributed by atoms with E-state index in [-0.39, 0.29) is 40.7 Å². The molecule has 9 nitrogen and oxygen atoms in total. The monoisotopic (exact) mass is 461 g/mol. The van der Waals surface area contributed by atoms with Gasteiger partial charge in [0.05, 0.1) is 22.8 Å². The lowest BCUT2D eigenvalue weighted by molar-refractivity contribution is -0.139. The summed E-state index contributed by atoms with van der Waals surface area (Å²) in [6, 6.07) is 6.00. The Morgan fingerprint density at radius 1 is 1.12 bits per heavy atom. The molecule has 1 amide bonds. The van der Waals surface area contributed by atoms with Crippen LogP contribution < -0.4 is 5.69 Å². The van der Waals surface area contributed by atoms with Gasteiger partial charge in [0.1, 0.15) is 0 Å². The summed E-state index contributed by atoms with van der Waals surface area (Å²) >= 11 is 0. The fourth-order valence-electron chi connectivity index (χ4n) is 4.69. The van der Waals surface area contributed by atoms with Crippen LogP contribution in [0, 0.1) is 6.92 Å². The number of imidazole rings is 1. The maximum atomic E-state index is 13.0. The number of aromatic nitrogens is 2. The standard InChI is InChI=1S/C22H27N3O6S/c1-15-12-23-22(28)24(15)18-8-6-16(7-9-18)21(27)31-13-20(26)25(17-4-2-3-5-17)19-10-11-32(29,30)14-19/h6-9,12,17,19H,2-5,10-11,13-14H2,1H3,(H,23,28). The lowest BCUT2D eigenvalue weighted by Gasteiger charge is -2.33. The highest BCUT2D eigenvalue weighted by Crippen LogP contribution is 2.29. The number of amides is 1. The van der Waals surface area contributed by atoms with Gasteiger partial charge in [-0.3, -0.25) is 9.36 Å². The molecule has 1 aliphatic carbocycles. The first-order valence-corrected chi connectivity index (χ1v) is 12.6. The Morgan fingerprint density at radius 3 is 2.38 bits per heavy atom. The molecule has 1 saturated carbocycles. The van der Waals surface area contributed by atoms with Gasteiger partial charge in [0.25, 0.3) is 5.91 Å². The summed E-state index contributed by atoms with van der Waals surface area (Å²) in [5, 5.41) is 0. The maximum Gasteiger partial charge on any atom is 0.338 e. The lowest BCUT2D eigenvalue weighted by Crippen LogP contribution is -2.48. The Morgan fingerprint density at radius 2 is 1.81 bits per heavy atom. The van der Waals surface area contributed by atoms with Gasteiger partial charge in [-0.1, -0.05) is 12.8 Å². The molecule has 2 aromatic rings. The van der Waals surface area contributed by atoms with Crippen LogP contribution in [0.15, 0.2) is 35.3 Å². The molecular weight excluding hydrogens is 434 g/mol. The van der Waals surface area contributed by atoms with Crippen LogP contribution in [0.1, 0.15) is 48.2 Å². The van der Waals surface area contributed by atoms with Crippen LogP contribution in [0.3, 0.4) is 0 Å². The highest BCUT2D eigenvalue weighted by atomic mass is 32.2. The van der Waals surface area contributed by atoms with Crippen molar-refractivity contribution < 1.29 is 22.7 Å². The molecule has 0 bridgehead atoms. The van der Waals surface area contributed by atoms with Gasteiger partial charge < -0.3 is 14.6 Å². The predicted molar refractivity (Wildman–Crippen MR) is 118 cm³/mol. The number of aromatic amines is 1. The molecule has 1 aromatic heterocycles. The zero-order valence-electron chi connectivity index (χ0n) is 18.0. The van der Waals surface area contributed by atoms with Crippen molar-refractivity contribution in [2.45, 2.75) is 51.1 Å². The van der Waals surface area contributed by atoms with Crippen molar-refractivity contribution >= 4 is 21.7 Å². The summed E-state index contributed by atoms with van der Waals surface area (Å²) in [6.07, 6.45) is 5.72. The van der Waals surface area contributed by atoms with Gasteiger partial charge in [-0.2, -0.15) is 0 Å². The fourth-order valence-corrected chi connectivity index (χ4v) is 6.40. The number of nitrogens with one attached hydrogen (secondary N) is 1. The molecule has 0 spiro atoms. The Kier molecular flexibility index (Phi) is 6.23. The number of ether oxygens (including phenoxy) is 1. The van der Waals surface area contributed by atoms with Crippen LogP contribution >= 0.6 is 0 Å². The topological polar surface area (TPSA) is 119 Å². The van der Waals surface area contributed by atoms with Crippen molar-refractivity contribution in [3.05, 3.63) is 52.2 Å². The zero-order valence-corrected chi connectivity index (χ0v) is 18.8. The molecule has 0 radical (unpaired) electrons. The van der Waals surface area contributed by atoms with E-state index in [2.05, 4.69) is 4.98 Å². The number of aryl methyl sites for hydroxylation is 1. The van der Waals surface area contributed by atoms with E-state index < -0.39 is 22.4 Å². The lowest BCUT2D eigenvalue weighted by atomic mass is 10.1. The quantitative estimate of drug-likeness (QED) is 0.653. The summed E-state index contributed by atoms with van der Waals surface area (Å²) in [4.78, 5) is 41.6. The smallest absolute Gasteiger partial charge is 0.338 e. The van der Waals surface area contributed by atoms with E-state index in [0.29, 0.717) is 12.1 Å². The van der Waals surface area contributed by atoms with Crippen LogP contribution in [0.5, 0.6) is 0 Å². The second-order valence-corrected chi connectivity index (χ2v) is 10.7. The first kappa shape index (κ1) is 22.3. The largest absolute Gasteiger partial charge is 0.452 e. The maximum absolute atomic E-state index is 13.0. The van der Waals surface area contributed by atoms with Gasteiger partial charge in [-0.15, -0.1) is 0 Å². The Labute approximate surface area is 186 Å². The minimum Gasteiger partial charge on any atom is -0.452 e. The van der Waals surface area contributed by atoms with Gasteiger partial charge in [-0.25, -0.2) is 18.0 Å². The number of esters is 1. The number of rotatable bonds is 6. The second-order valence-electron chi connectivity index (χ2n) is 8.49. The molecule has 2 heterocycles. The molecule has 32 heavy (non-hydrogen) atoms. The molecule has 1 unspecified atom stereocenters. The Hall–Kier alpha value is -2.88. The van der Waals surface area contributed by atoms with Crippen molar-refractivity contribution in [3.8, 4) is 5.69 Å². The molecular formula is C22H27N3O6S. The van der Waals surface area contributed by atoms with Gasteiger partial charge in [0.2, 0.25) is 0 Å². The van der Waals surface area contributed by atoms with Crippen LogP contribution in [0.2, 0.25) is 0 Å². The third kappa shape index (κ3) is 4.64. The summed E-state index contributed by atoms with van der Waals surface area (Å²) in [6.45, 7) is 1.36. The number of benzene rings is 1. The van der Waals surface area contributed by atoms with Gasteiger partial charge in [0, 0.05) is 24.0 Å². The SMILES string of the molecule is Cc1c[nH]c(=O)n1-c1ccc(C(=O)OCC(=O)N(C2CCCC2)C2CCS(=O)(=O)C2)cc1. The third-order valence-electron chi connectivity index (χ3n) is 6.26. The van der Waals surface area contributed by atoms with Crippen LogP contribution in [-0.4, -0.2) is 64.9 Å². The average Bonchev–Trinajstić information content (AvgIpc) is 3.48. The predicted octanol–water partition coefficient (Wildman–Crippen LogP) is 1.59. The average molecular weight is 462 g/mol. The molecule has 2 fully saturated rings. The molecule has 172 valence electrons. The summed E-state index contributed by atoms with van der Waals surface area (Å²) in [7, 11) is -3.13. The number of nitrogens with zero attached hydrogens (tertiary/aromatic N) is 2. The van der Waals surface area contributed by atoms with Gasteiger partial charge in [-0.05, 0) is 50.5 Å². The molecule has 1 saturated heterocycles. The van der Waals surface area contributed by atoms with E-state index in [9.17, 15) is 22.8 Å². The van der Waals surface area contributed by atoms with Crippen molar-refractivity contribution in [2.75, 3.05) is 18.1 Å². The zero-order chi connectivity index (χ0) is 22.9. The van der Waals surface area contributed by atoms with E-state index in [1.54, 1.807) is 42.3 Å². The Balaban J connectivity index is 1.42. The van der Waals surface area contributed by atoms with Crippen molar-refractivity contribution in [1.82, 2.24) is 14.5 Å². The minimum atomic E-state index is -3.13.